The summed E-state index contributed by atoms with van der Waals surface area (Å²) in [5.41, 5.74) is 0.520. The second-order valence-electron chi connectivity index (χ2n) is 4.38. The van der Waals surface area contributed by atoms with Crippen LogP contribution in [-0.2, 0) is 11.3 Å². The third-order valence-electron chi connectivity index (χ3n) is 2.91. The number of benzene rings is 1. The second kappa shape index (κ2) is 6.49. The normalized spacial score (nSPS) is 13.7. The summed E-state index contributed by atoms with van der Waals surface area (Å²) < 4.78 is 10.4. The molecule has 0 radical (unpaired) electrons. The Balaban J connectivity index is 2.30. The predicted octanol–water partition coefficient (Wildman–Crippen LogP) is 2.56. The van der Waals surface area contributed by atoms with E-state index in [2.05, 4.69) is 6.58 Å². The molecular weight excluding hydrogens is 298 g/mol. The number of hydrogen-bond acceptors (Lipinski definition) is 4. The zero-order valence-electron chi connectivity index (χ0n) is 11.2. The number of carbonyl (C=O) groups excluding carboxylic acids is 1. The Morgan fingerprint density at radius 1 is 1.52 bits per heavy atom. The Morgan fingerprint density at radius 2 is 2.29 bits per heavy atom. The molecule has 0 bridgehead atoms. The molecule has 0 saturated carbocycles. The third kappa shape index (κ3) is 3.46. The van der Waals surface area contributed by atoms with Crippen LogP contribution in [0.15, 0.2) is 24.8 Å². The summed E-state index contributed by atoms with van der Waals surface area (Å²) in [7, 11) is 0. The van der Waals surface area contributed by atoms with Gasteiger partial charge in [-0.25, -0.2) is 9.59 Å². The van der Waals surface area contributed by atoms with Gasteiger partial charge in [-0.05, 0) is 12.1 Å². The van der Waals surface area contributed by atoms with Gasteiger partial charge in [0.1, 0.15) is 24.5 Å². The van der Waals surface area contributed by atoms with E-state index in [-0.39, 0.29) is 36.1 Å². The molecule has 1 aliphatic rings. The van der Waals surface area contributed by atoms with Crippen LogP contribution in [0.3, 0.4) is 0 Å². The van der Waals surface area contributed by atoms with Crippen LogP contribution >= 0.6 is 11.6 Å². The maximum Gasteiger partial charge on any atom is 0.410 e. The highest BCUT2D eigenvalue weighted by Gasteiger charge is 2.25. The van der Waals surface area contributed by atoms with Crippen LogP contribution < -0.4 is 4.74 Å². The first-order valence-electron chi connectivity index (χ1n) is 6.24. The number of nitrogens with zero attached hydrogens (tertiary/aromatic N) is 1. The number of carboxylic acids is 1. The van der Waals surface area contributed by atoms with Crippen molar-refractivity contribution in [3.05, 3.63) is 40.9 Å². The van der Waals surface area contributed by atoms with Crippen molar-refractivity contribution >= 4 is 23.7 Å². The molecule has 0 fully saturated rings. The van der Waals surface area contributed by atoms with Gasteiger partial charge in [-0.2, -0.15) is 0 Å². The zero-order chi connectivity index (χ0) is 15.4. The lowest BCUT2D eigenvalue weighted by Gasteiger charge is -2.18. The van der Waals surface area contributed by atoms with Gasteiger partial charge in [0.15, 0.2) is 0 Å². The molecule has 112 valence electrons. The van der Waals surface area contributed by atoms with Crippen molar-refractivity contribution < 1.29 is 24.2 Å². The van der Waals surface area contributed by atoms with Crippen molar-refractivity contribution in [2.45, 2.75) is 6.54 Å². The fraction of sp³-hybridized carbons (Fsp3) is 0.286. The number of hydrogen-bond donors (Lipinski definition) is 1. The van der Waals surface area contributed by atoms with Gasteiger partial charge in [-0.1, -0.05) is 24.3 Å². The van der Waals surface area contributed by atoms with E-state index in [1.54, 1.807) is 6.07 Å². The summed E-state index contributed by atoms with van der Waals surface area (Å²) in [6.07, 6.45) is 0.961. The molecule has 1 aromatic carbocycles. The Morgan fingerprint density at radius 3 is 2.95 bits per heavy atom. The molecule has 2 rings (SSSR count). The highest BCUT2D eigenvalue weighted by molar-refractivity contribution is 6.31. The minimum absolute atomic E-state index is 0.0150. The number of amides is 1. The molecule has 0 aromatic heterocycles. The molecule has 1 heterocycles. The summed E-state index contributed by atoms with van der Waals surface area (Å²) in [5.74, 6) is -0.887. The number of halogens is 1. The molecule has 1 amide bonds. The van der Waals surface area contributed by atoms with Gasteiger partial charge in [0, 0.05) is 10.6 Å². The monoisotopic (exact) mass is 311 g/mol. The molecule has 0 saturated heterocycles. The number of aromatic carboxylic acids is 1. The van der Waals surface area contributed by atoms with Crippen LogP contribution in [0.5, 0.6) is 5.75 Å². The van der Waals surface area contributed by atoms with E-state index in [1.165, 1.54) is 17.0 Å². The molecule has 7 heteroatoms. The van der Waals surface area contributed by atoms with Gasteiger partial charge >= 0.3 is 12.1 Å². The first kappa shape index (κ1) is 15.2. The van der Waals surface area contributed by atoms with Gasteiger partial charge in [-0.3, -0.25) is 0 Å². The van der Waals surface area contributed by atoms with Gasteiger partial charge < -0.3 is 19.5 Å². The van der Waals surface area contributed by atoms with E-state index in [0.29, 0.717) is 12.1 Å². The van der Waals surface area contributed by atoms with Crippen molar-refractivity contribution in [1.29, 1.82) is 0 Å². The summed E-state index contributed by atoms with van der Waals surface area (Å²) in [5, 5.41) is 9.47. The largest absolute Gasteiger partial charge is 0.490 e. The molecule has 6 nitrogen and oxygen atoms in total. The number of fused-ring (bicyclic) bond motifs is 1. The van der Waals surface area contributed by atoms with Gasteiger partial charge in [0.25, 0.3) is 0 Å². The maximum atomic E-state index is 11.9. The van der Waals surface area contributed by atoms with Crippen molar-refractivity contribution in [3.63, 3.8) is 0 Å². The molecule has 1 aliphatic heterocycles. The fourth-order valence-corrected chi connectivity index (χ4v) is 2.26. The Bertz CT molecular complexity index is 587. The topological polar surface area (TPSA) is 76.1 Å². The van der Waals surface area contributed by atoms with Crippen LogP contribution in [0.2, 0.25) is 5.02 Å². The van der Waals surface area contributed by atoms with Crippen molar-refractivity contribution in [1.82, 2.24) is 4.90 Å². The van der Waals surface area contributed by atoms with E-state index >= 15 is 0 Å². The second-order valence-corrected chi connectivity index (χ2v) is 4.82. The molecule has 0 spiro atoms. The number of ether oxygens (including phenoxy) is 2. The molecule has 21 heavy (non-hydrogen) atoms. The molecule has 1 aromatic rings. The number of rotatable bonds is 3. The maximum absolute atomic E-state index is 11.9. The Hall–Kier alpha value is -2.21. The van der Waals surface area contributed by atoms with Crippen molar-refractivity contribution in [2.75, 3.05) is 19.8 Å². The van der Waals surface area contributed by atoms with E-state index in [0.717, 1.165) is 0 Å². The average Bonchev–Trinajstić information content (AvgIpc) is 2.65. The zero-order valence-corrected chi connectivity index (χ0v) is 11.9. The molecule has 0 unspecified atom stereocenters. The van der Waals surface area contributed by atoms with Crippen LogP contribution in [0.25, 0.3) is 0 Å². The highest BCUT2D eigenvalue weighted by Crippen LogP contribution is 2.31. The number of carboxylic acid groups (broad SMARTS) is 1. The van der Waals surface area contributed by atoms with Crippen LogP contribution in [-0.4, -0.2) is 41.8 Å². The summed E-state index contributed by atoms with van der Waals surface area (Å²) in [6, 6.07) is 2.91. The fourth-order valence-electron chi connectivity index (χ4n) is 2.02. The summed E-state index contributed by atoms with van der Waals surface area (Å²) in [4.78, 5) is 24.5. The Labute approximate surface area is 126 Å². The quantitative estimate of drug-likeness (QED) is 0.868. The standard InChI is InChI=1S/C14H14ClNO5/c1-2-4-21-14(19)16-3-5-20-12-9(8-16)6-10(15)7-11(12)13(17)18/h2,6-7H,1,3-5,8H2,(H,17,18). The lowest BCUT2D eigenvalue weighted by molar-refractivity contribution is 0.0691. The van der Waals surface area contributed by atoms with E-state index in [4.69, 9.17) is 21.1 Å². The smallest absolute Gasteiger partial charge is 0.410 e. The van der Waals surface area contributed by atoms with Crippen LogP contribution in [0.1, 0.15) is 15.9 Å². The molecule has 0 aliphatic carbocycles. The van der Waals surface area contributed by atoms with Gasteiger partial charge in [0.05, 0.1) is 13.1 Å². The first-order chi connectivity index (χ1) is 10.0. The van der Waals surface area contributed by atoms with E-state index < -0.39 is 12.1 Å². The van der Waals surface area contributed by atoms with Crippen LogP contribution in [0.4, 0.5) is 4.79 Å². The lowest BCUT2D eigenvalue weighted by Crippen LogP contribution is -2.33. The minimum atomic E-state index is -1.13. The van der Waals surface area contributed by atoms with Gasteiger partial charge in [0.2, 0.25) is 0 Å². The van der Waals surface area contributed by atoms with Crippen molar-refractivity contribution in [2.24, 2.45) is 0 Å². The minimum Gasteiger partial charge on any atom is -0.490 e. The SMILES string of the molecule is C=CCOC(=O)N1CCOc2c(cc(Cl)cc2C(=O)O)C1. The van der Waals surface area contributed by atoms with E-state index in [1.807, 2.05) is 0 Å². The summed E-state index contributed by atoms with van der Waals surface area (Å²) in [6.45, 7) is 4.23. The summed E-state index contributed by atoms with van der Waals surface area (Å²) >= 11 is 5.92. The third-order valence-corrected chi connectivity index (χ3v) is 3.13. The van der Waals surface area contributed by atoms with Gasteiger partial charge in [-0.15, -0.1) is 0 Å². The first-order valence-corrected chi connectivity index (χ1v) is 6.62. The average molecular weight is 312 g/mol. The highest BCUT2D eigenvalue weighted by atomic mass is 35.5. The van der Waals surface area contributed by atoms with Crippen LogP contribution in [0, 0.1) is 0 Å². The molecule has 0 atom stereocenters. The molecule has 1 N–H and O–H groups in total. The lowest BCUT2D eigenvalue weighted by atomic mass is 10.1. The molecular formula is C14H14ClNO5. The predicted molar refractivity (Wildman–Crippen MR) is 75.9 cm³/mol. The Kier molecular flexibility index (Phi) is 4.70. The van der Waals surface area contributed by atoms with Crippen molar-refractivity contribution in [3.8, 4) is 5.75 Å². The number of carbonyl (C=O) groups is 2. The van der Waals surface area contributed by atoms with E-state index in [9.17, 15) is 14.7 Å².